The Morgan fingerprint density at radius 2 is 1.94 bits per heavy atom. The molecule has 7 nitrogen and oxygen atoms in total. The predicted molar refractivity (Wildman–Crippen MR) is 145 cm³/mol. The summed E-state index contributed by atoms with van der Waals surface area (Å²) in [7, 11) is 1.65. The first kappa shape index (κ1) is 23.7. The van der Waals surface area contributed by atoms with Crippen LogP contribution in [-0.2, 0) is 0 Å². The molecule has 4 N–H and O–H groups in total. The molecule has 186 valence electrons. The number of nitrogens with zero attached hydrogens (tertiary/aromatic N) is 3. The normalized spacial score (nSPS) is 17.0. The Hall–Kier alpha value is -3.04. The molecular formula is C26H33FN6OS. The molecule has 3 heterocycles. The van der Waals surface area contributed by atoms with Crippen LogP contribution in [0.2, 0.25) is 0 Å². The standard InChI is InChI=1S/C26H31FN6OS.H2/c1-14-10-16-11-22(35-25(16)15(2)30-14)32-26(34)23-20(27)12-21(19(13-29-3)24(23)28)33-8-6-18(7-9-33)31-17-4-5-17;/h10-13,17-18,31H,4-9,28H2,1-3H3,(H,32,34);1H. The topological polar surface area (TPSA) is 95.6 Å². The van der Waals surface area contributed by atoms with Gasteiger partial charge in [-0.15, -0.1) is 11.3 Å². The van der Waals surface area contributed by atoms with E-state index in [0.717, 1.165) is 47.4 Å². The minimum atomic E-state index is -0.628. The van der Waals surface area contributed by atoms with Gasteiger partial charge in [0, 0.05) is 51.1 Å². The van der Waals surface area contributed by atoms with E-state index in [4.69, 9.17) is 5.73 Å². The molecule has 3 aromatic rings. The smallest absolute Gasteiger partial charge is 0.261 e. The monoisotopic (exact) mass is 496 g/mol. The van der Waals surface area contributed by atoms with E-state index in [1.807, 2.05) is 26.0 Å². The van der Waals surface area contributed by atoms with Crippen LogP contribution in [0.15, 0.2) is 23.2 Å². The summed E-state index contributed by atoms with van der Waals surface area (Å²) in [5.41, 5.74) is 9.45. The number of rotatable bonds is 6. The number of thiophene rings is 1. The van der Waals surface area contributed by atoms with Crippen molar-refractivity contribution in [3.05, 3.63) is 46.5 Å². The van der Waals surface area contributed by atoms with E-state index in [9.17, 15) is 4.79 Å². The molecule has 0 unspecified atom stereocenters. The summed E-state index contributed by atoms with van der Waals surface area (Å²) in [5, 5.41) is 8.14. The van der Waals surface area contributed by atoms with Gasteiger partial charge in [-0.3, -0.25) is 14.8 Å². The van der Waals surface area contributed by atoms with Gasteiger partial charge in [0.05, 0.1) is 32.3 Å². The van der Waals surface area contributed by atoms with Gasteiger partial charge in [-0.05, 0) is 63.1 Å². The number of aryl methyl sites for hydroxylation is 2. The third-order valence-electron chi connectivity index (χ3n) is 6.74. The zero-order chi connectivity index (χ0) is 24.7. The zero-order valence-electron chi connectivity index (χ0n) is 20.3. The largest absolute Gasteiger partial charge is 0.397 e. The number of nitrogen functional groups attached to an aromatic ring is 1. The molecule has 2 fully saturated rings. The summed E-state index contributed by atoms with van der Waals surface area (Å²) >= 11 is 1.42. The van der Waals surface area contributed by atoms with Gasteiger partial charge in [-0.25, -0.2) is 4.39 Å². The number of aromatic nitrogens is 1. The van der Waals surface area contributed by atoms with Crippen molar-refractivity contribution in [1.29, 1.82) is 0 Å². The van der Waals surface area contributed by atoms with E-state index in [2.05, 4.69) is 25.5 Å². The number of piperidine rings is 1. The highest BCUT2D eigenvalue weighted by Crippen LogP contribution is 2.35. The lowest BCUT2D eigenvalue weighted by atomic mass is 9.99. The molecule has 5 rings (SSSR count). The van der Waals surface area contributed by atoms with Crippen LogP contribution in [0.25, 0.3) is 10.1 Å². The first-order valence-corrected chi connectivity index (χ1v) is 12.9. The molecule has 0 bridgehead atoms. The first-order valence-electron chi connectivity index (χ1n) is 12.1. The van der Waals surface area contributed by atoms with Gasteiger partial charge >= 0.3 is 0 Å². The quantitative estimate of drug-likeness (QED) is 0.333. The van der Waals surface area contributed by atoms with Crippen molar-refractivity contribution in [1.82, 2.24) is 10.3 Å². The lowest BCUT2D eigenvalue weighted by Gasteiger charge is -2.35. The van der Waals surface area contributed by atoms with Crippen LogP contribution < -0.4 is 21.3 Å². The van der Waals surface area contributed by atoms with Crippen molar-refractivity contribution < 1.29 is 10.6 Å². The van der Waals surface area contributed by atoms with Gasteiger partial charge in [0.15, 0.2) is 0 Å². The molecule has 0 spiro atoms. The third kappa shape index (κ3) is 4.88. The van der Waals surface area contributed by atoms with Crippen molar-refractivity contribution in [3.63, 3.8) is 0 Å². The predicted octanol–water partition coefficient (Wildman–Crippen LogP) is 4.90. The average molecular weight is 497 g/mol. The molecule has 9 heteroatoms. The van der Waals surface area contributed by atoms with Crippen molar-refractivity contribution in [2.45, 2.75) is 51.6 Å². The average Bonchev–Trinajstić information content (AvgIpc) is 3.53. The van der Waals surface area contributed by atoms with E-state index in [-0.39, 0.29) is 12.7 Å². The summed E-state index contributed by atoms with van der Waals surface area (Å²) < 4.78 is 16.4. The van der Waals surface area contributed by atoms with Gasteiger partial charge in [0.25, 0.3) is 5.91 Å². The maximum absolute atomic E-state index is 15.4. The van der Waals surface area contributed by atoms with Crippen molar-refractivity contribution in [2.24, 2.45) is 4.99 Å². The molecule has 0 radical (unpaired) electrons. The second kappa shape index (κ2) is 9.54. The van der Waals surface area contributed by atoms with E-state index < -0.39 is 11.7 Å². The molecule has 1 saturated heterocycles. The lowest BCUT2D eigenvalue weighted by Crippen LogP contribution is -2.43. The Labute approximate surface area is 210 Å². The van der Waals surface area contributed by atoms with Gasteiger partial charge < -0.3 is 21.3 Å². The Morgan fingerprint density at radius 3 is 2.63 bits per heavy atom. The van der Waals surface area contributed by atoms with Gasteiger partial charge in [0.1, 0.15) is 5.82 Å². The number of fused-ring (bicyclic) bond motifs is 1. The van der Waals surface area contributed by atoms with E-state index in [1.54, 1.807) is 13.3 Å². The Bertz CT molecular complexity index is 1310. The Balaban J connectivity index is 0.00000304. The molecule has 1 saturated carbocycles. The number of nitrogens with one attached hydrogen (secondary N) is 2. The SMILES string of the molecule is CN=Cc1c(N2CCC(NC3CC3)CC2)cc(F)c(C(=O)Nc2cc3cc(C)nc(C)c3s2)c1N.[HH]. The fourth-order valence-corrected chi connectivity index (χ4v) is 5.88. The zero-order valence-corrected chi connectivity index (χ0v) is 21.1. The molecule has 1 amide bonds. The molecule has 35 heavy (non-hydrogen) atoms. The summed E-state index contributed by atoms with van der Waals surface area (Å²) in [6, 6.07) is 6.45. The van der Waals surface area contributed by atoms with Crippen molar-refractivity contribution in [2.75, 3.05) is 36.1 Å². The number of benzene rings is 1. The summed E-state index contributed by atoms with van der Waals surface area (Å²) in [4.78, 5) is 23.9. The first-order chi connectivity index (χ1) is 16.8. The number of hydrogen-bond donors (Lipinski definition) is 3. The fraction of sp³-hybridized carbons (Fsp3) is 0.423. The highest BCUT2D eigenvalue weighted by molar-refractivity contribution is 7.23. The molecule has 1 aromatic carbocycles. The van der Waals surface area contributed by atoms with E-state index in [1.165, 1.54) is 30.2 Å². The van der Waals surface area contributed by atoms with E-state index in [0.29, 0.717) is 28.3 Å². The number of pyridine rings is 1. The molecule has 0 atom stereocenters. The number of amides is 1. The number of nitrogens with two attached hydrogens (primary N) is 1. The van der Waals surface area contributed by atoms with E-state index >= 15 is 4.39 Å². The molecule has 2 aromatic heterocycles. The van der Waals surface area contributed by atoms with Crippen LogP contribution in [0.3, 0.4) is 0 Å². The minimum absolute atomic E-state index is 0. The van der Waals surface area contributed by atoms with Crippen LogP contribution in [0, 0.1) is 19.7 Å². The highest BCUT2D eigenvalue weighted by atomic mass is 32.1. The van der Waals surface area contributed by atoms with Crippen LogP contribution in [0.1, 0.15) is 54.4 Å². The van der Waals surface area contributed by atoms with Gasteiger partial charge in [0.2, 0.25) is 0 Å². The molecule has 2 aliphatic rings. The number of halogens is 1. The van der Waals surface area contributed by atoms with Gasteiger partial charge in [-0.1, -0.05) is 0 Å². The Kier molecular flexibility index (Phi) is 6.46. The number of carbonyl (C=O) groups is 1. The maximum Gasteiger partial charge on any atom is 0.261 e. The molecular weight excluding hydrogens is 463 g/mol. The van der Waals surface area contributed by atoms with Crippen molar-refractivity contribution in [3.8, 4) is 0 Å². The lowest BCUT2D eigenvalue weighted by molar-refractivity contribution is 0.102. The molecule has 1 aliphatic heterocycles. The van der Waals surface area contributed by atoms with Crippen LogP contribution in [0.5, 0.6) is 0 Å². The number of anilines is 3. The summed E-state index contributed by atoms with van der Waals surface area (Å²) in [6.07, 6.45) is 6.12. The summed E-state index contributed by atoms with van der Waals surface area (Å²) in [5.74, 6) is -1.20. The van der Waals surface area contributed by atoms with Crippen LogP contribution in [0.4, 0.5) is 20.8 Å². The second-order valence-corrected chi connectivity index (χ2v) is 10.6. The second-order valence-electron chi connectivity index (χ2n) is 9.50. The van der Waals surface area contributed by atoms with Gasteiger partial charge in [-0.2, -0.15) is 0 Å². The van der Waals surface area contributed by atoms with Crippen LogP contribution >= 0.6 is 11.3 Å². The number of aliphatic imine (C=N–C) groups is 1. The number of hydrogen-bond acceptors (Lipinski definition) is 7. The summed E-state index contributed by atoms with van der Waals surface area (Å²) in [6.45, 7) is 5.47. The minimum Gasteiger partial charge on any atom is -0.397 e. The highest BCUT2D eigenvalue weighted by Gasteiger charge is 2.29. The third-order valence-corrected chi connectivity index (χ3v) is 7.92. The Morgan fingerprint density at radius 1 is 1.23 bits per heavy atom. The maximum atomic E-state index is 15.4. The van der Waals surface area contributed by atoms with Crippen molar-refractivity contribution >= 4 is 49.9 Å². The number of carbonyl (C=O) groups excluding carboxylic acids is 1. The molecule has 1 aliphatic carbocycles. The fourth-order valence-electron chi connectivity index (χ4n) is 4.90. The van der Waals surface area contributed by atoms with Crippen LogP contribution in [-0.4, -0.2) is 49.3 Å².